The molecule has 6 rings (SSSR count). The lowest BCUT2D eigenvalue weighted by molar-refractivity contribution is 0.0714. The van der Waals surface area contributed by atoms with Gasteiger partial charge in [0.2, 0.25) is 12.6 Å². The zero-order valence-corrected chi connectivity index (χ0v) is 17.3. The fraction of sp³-hybridized carbons (Fsp3) is 0.154. The quantitative estimate of drug-likeness (QED) is 0.481. The smallest absolute Gasteiger partial charge is 0.291 e. The molecular weight excluding hydrogens is 406 g/mol. The monoisotopic (exact) mass is 425 g/mol. The van der Waals surface area contributed by atoms with Gasteiger partial charge in [-0.05, 0) is 42.3 Å². The topological polar surface area (TPSA) is 69.0 Å². The SMILES string of the molecule is Cc1ccc([C@H]2c3c(oc4ccccc4c3=O)C(=O)N2Cc2ccc3c(c2)OCO3)cc1. The third-order valence-electron chi connectivity index (χ3n) is 6.06. The number of nitrogens with zero attached hydrogens (tertiary/aromatic N) is 1. The first-order chi connectivity index (χ1) is 15.6. The number of fused-ring (bicyclic) bond motifs is 3. The van der Waals surface area contributed by atoms with Gasteiger partial charge in [0.25, 0.3) is 5.91 Å². The van der Waals surface area contributed by atoms with Gasteiger partial charge in [0.15, 0.2) is 16.9 Å². The van der Waals surface area contributed by atoms with Gasteiger partial charge in [0, 0.05) is 6.54 Å². The number of aryl methyl sites for hydroxylation is 1. The van der Waals surface area contributed by atoms with Gasteiger partial charge >= 0.3 is 0 Å². The number of hydrogen-bond acceptors (Lipinski definition) is 5. The molecule has 0 bridgehead atoms. The molecule has 1 amide bonds. The molecule has 2 aliphatic heterocycles. The van der Waals surface area contributed by atoms with Gasteiger partial charge in [-0.3, -0.25) is 9.59 Å². The van der Waals surface area contributed by atoms with Crippen LogP contribution in [0.5, 0.6) is 11.5 Å². The molecule has 0 fully saturated rings. The predicted octanol–water partition coefficient (Wildman–Crippen LogP) is 4.58. The van der Waals surface area contributed by atoms with Crippen molar-refractivity contribution < 1.29 is 18.7 Å². The van der Waals surface area contributed by atoms with Crippen molar-refractivity contribution in [3.8, 4) is 11.5 Å². The van der Waals surface area contributed by atoms with Gasteiger partial charge in [-0.15, -0.1) is 0 Å². The molecule has 0 spiro atoms. The van der Waals surface area contributed by atoms with Crippen LogP contribution in [0.25, 0.3) is 11.0 Å². The summed E-state index contributed by atoms with van der Waals surface area (Å²) in [4.78, 5) is 28.7. The average Bonchev–Trinajstić information content (AvgIpc) is 3.38. The fourth-order valence-corrected chi connectivity index (χ4v) is 4.46. The lowest BCUT2D eigenvalue weighted by Gasteiger charge is -2.25. The van der Waals surface area contributed by atoms with E-state index in [0.29, 0.717) is 34.6 Å². The molecule has 2 aliphatic rings. The summed E-state index contributed by atoms with van der Waals surface area (Å²) < 4.78 is 16.9. The van der Waals surface area contributed by atoms with Gasteiger partial charge < -0.3 is 18.8 Å². The maximum absolute atomic E-state index is 13.5. The standard InChI is InChI=1S/C26H19NO5/c1-15-6-9-17(10-7-15)23-22-24(28)18-4-2-3-5-19(18)32-25(22)26(29)27(23)13-16-8-11-20-21(12-16)31-14-30-20/h2-12,23H,13-14H2,1H3/t23-/m0/s1. The van der Waals surface area contributed by atoms with E-state index >= 15 is 0 Å². The largest absolute Gasteiger partial charge is 0.454 e. The second-order valence-electron chi connectivity index (χ2n) is 8.10. The molecule has 158 valence electrons. The van der Waals surface area contributed by atoms with E-state index in [0.717, 1.165) is 16.7 Å². The Balaban J connectivity index is 1.51. The summed E-state index contributed by atoms with van der Waals surface area (Å²) in [6.07, 6.45) is 0. The van der Waals surface area contributed by atoms with Crippen LogP contribution in [0.15, 0.2) is 75.9 Å². The van der Waals surface area contributed by atoms with Crippen molar-refractivity contribution in [3.05, 3.63) is 105 Å². The van der Waals surface area contributed by atoms with Gasteiger partial charge in [-0.2, -0.15) is 0 Å². The van der Waals surface area contributed by atoms with Crippen molar-refractivity contribution >= 4 is 16.9 Å². The van der Waals surface area contributed by atoms with Crippen molar-refractivity contribution in [3.63, 3.8) is 0 Å². The highest BCUT2D eigenvalue weighted by atomic mass is 16.7. The third-order valence-corrected chi connectivity index (χ3v) is 6.06. The molecule has 0 N–H and O–H groups in total. The van der Waals surface area contributed by atoms with Gasteiger partial charge in [0.05, 0.1) is 17.0 Å². The molecule has 0 radical (unpaired) electrons. The van der Waals surface area contributed by atoms with Crippen molar-refractivity contribution in [2.45, 2.75) is 19.5 Å². The minimum absolute atomic E-state index is 0.111. The number of carbonyl (C=O) groups is 1. The van der Waals surface area contributed by atoms with Gasteiger partial charge in [-0.1, -0.05) is 48.0 Å². The maximum atomic E-state index is 13.5. The Bertz CT molecular complexity index is 1440. The number of carbonyl (C=O) groups excluding carboxylic acids is 1. The number of ether oxygens (including phenoxy) is 2. The molecule has 6 heteroatoms. The second-order valence-corrected chi connectivity index (χ2v) is 8.10. The van der Waals surface area contributed by atoms with Crippen LogP contribution in [-0.2, 0) is 6.54 Å². The zero-order valence-electron chi connectivity index (χ0n) is 17.3. The Hall–Kier alpha value is -4.06. The van der Waals surface area contributed by atoms with E-state index in [2.05, 4.69) is 0 Å². The molecule has 0 saturated carbocycles. The maximum Gasteiger partial charge on any atom is 0.291 e. The first-order valence-electron chi connectivity index (χ1n) is 10.4. The van der Waals surface area contributed by atoms with Crippen LogP contribution in [0, 0.1) is 6.92 Å². The van der Waals surface area contributed by atoms with Crippen LogP contribution < -0.4 is 14.9 Å². The molecule has 1 aromatic heterocycles. The Morgan fingerprint density at radius 2 is 1.72 bits per heavy atom. The summed E-state index contributed by atoms with van der Waals surface area (Å²) in [5.74, 6) is 1.15. The van der Waals surface area contributed by atoms with E-state index in [1.807, 2.05) is 49.4 Å². The van der Waals surface area contributed by atoms with E-state index in [-0.39, 0.29) is 23.9 Å². The van der Waals surface area contributed by atoms with E-state index in [1.54, 1.807) is 29.2 Å². The fourth-order valence-electron chi connectivity index (χ4n) is 4.46. The molecule has 6 nitrogen and oxygen atoms in total. The van der Waals surface area contributed by atoms with Crippen LogP contribution in [-0.4, -0.2) is 17.6 Å². The van der Waals surface area contributed by atoms with Crippen LogP contribution >= 0.6 is 0 Å². The number of para-hydroxylation sites is 1. The van der Waals surface area contributed by atoms with E-state index < -0.39 is 6.04 Å². The zero-order chi connectivity index (χ0) is 21.8. The molecule has 3 heterocycles. The summed E-state index contributed by atoms with van der Waals surface area (Å²) >= 11 is 0. The Morgan fingerprint density at radius 3 is 2.56 bits per heavy atom. The summed E-state index contributed by atoms with van der Waals surface area (Å²) in [5.41, 5.74) is 3.48. The minimum atomic E-state index is -0.538. The second kappa shape index (κ2) is 6.99. The Kier molecular flexibility index (Phi) is 4.08. The van der Waals surface area contributed by atoms with Crippen LogP contribution in [0.3, 0.4) is 0 Å². The predicted molar refractivity (Wildman–Crippen MR) is 118 cm³/mol. The van der Waals surface area contributed by atoms with Crippen LogP contribution in [0.2, 0.25) is 0 Å². The highest BCUT2D eigenvalue weighted by Gasteiger charge is 2.42. The molecule has 3 aromatic carbocycles. The Morgan fingerprint density at radius 1 is 0.938 bits per heavy atom. The van der Waals surface area contributed by atoms with Crippen molar-refractivity contribution in [1.29, 1.82) is 0 Å². The van der Waals surface area contributed by atoms with Crippen LogP contribution in [0.1, 0.15) is 38.9 Å². The summed E-state index contributed by atoms with van der Waals surface area (Å²) in [5, 5.41) is 0.473. The molecule has 4 aromatic rings. The highest BCUT2D eigenvalue weighted by molar-refractivity contribution is 5.99. The summed E-state index contributed by atoms with van der Waals surface area (Å²) in [6, 6.07) is 20.0. The molecule has 0 aliphatic carbocycles. The van der Waals surface area contributed by atoms with E-state index in [4.69, 9.17) is 13.9 Å². The normalized spacial score (nSPS) is 16.6. The number of rotatable bonds is 3. The van der Waals surface area contributed by atoms with Crippen molar-refractivity contribution in [2.75, 3.05) is 6.79 Å². The first-order valence-corrected chi connectivity index (χ1v) is 10.4. The van der Waals surface area contributed by atoms with Crippen LogP contribution in [0.4, 0.5) is 0 Å². The Labute approximate surface area is 183 Å². The van der Waals surface area contributed by atoms with Gasteiger partial charge in [-0.25, -0.2) is 0 Å². The third kappa shape index (κ3) is 2.80. The highest BCUT2D eigenvalue weighted by Crippen LogP contribution is 2.40. The number of benzene rings is 3. The van der Waals surface area contributed by atoms with E-state index in [1.165, 1.54) is 0 Å². The minimum Gasteiger partial charge on any atom is -0.454 e. The molecule has 32 heavy (non-hydrogen) atoms. The molecule has 1 atom stereocenters. The molecular formula is C26H19NO5. The van der Waals surface area contributed by atoms with Crippen molar-refractivity contribution in [1.82, 2.24) is 4.90 Å². The average molecular weight is 425 g/mol. The lowest BCUT2D eigenvalue weighted by atomic mass is 9.97. The molecule has 0 saturated heterocycles. The summed E-state index contributed by atoms with van der Waals surface area (Å²) in [7, 11) is 0. The van der Waals surface area contributed by atoms with Crippen molar-refractivity contribution in [2.24, 2.45) is 0 Å². The van der Waals surface area contributed by atoms with E-state index in [9.17, 15) is 9.59 Å². The summed E-state index contributed by atoms with van der Waals surface area (Å²) in [6.45, 7) is 2.49. The molecule has 0 unspecified atom stereocenters. The lowest BCUT2D eigenvalue weighted by Crippen LogP contribution is -2.29. The van der Waals surface area contributed by atoms with Gasteiger partial charge in [0.1, 0.15) is 5.58 Å². The first kappa shape index (κ1) is 18.7. The number of hydrogen-bond donors (Lipinski definition) is 0. The number of amides is 1.